The topological polar surface area (TPSA) is 43.1 Å². The van der Waals surface area contributed by atoms with Crippen LogP contribution in [-0.2, 0) is 0 Å². The Morgan fingerprint density at radius 1 is 1.21 bits per heavy atom. The van der Waals surface area contributed by atoms with Gasteiger partial charge in [0.2, 0.25) is 0 Å². The zero-order valence-electron chi connectivity index (χ0n) is 7.21. The fraction of sp³-hybridized carbons (Fsp3) is 0. The number of hydrogen-bond donors (Lipinski definition) is 0. The molecule has 0 spiro atoms. The Hall–Kier alpha value is -1.38. The minimum atomic E-state index is -0.338. The number of nitro benzene ring substituents is 1. The van der Waals surface area contributed by atoms with Gasteiger partial charge in [-0.25, -0.2) is 0 Å². The first-order valence-corrected chi connectivity index (χ1v) is 6.03. The third kappa shape index (κ3) is 1.62. The summed E-state index contributed by atoms with van der Waals surface area (Å²) in [5, 5.41) is 10.7. The summed E-state index contributed by atoms with van der Waals surface area (Å²) in [4.78, 5) is 14.5. The van der Waals surface area contributed by atoms with Gasteiger partial charge in [0.15, 0.2) is 0 Å². The fourth-order valence-electron chi connectivity index (χ4n) is 1.29. The second-order valence-corrected chi connectivity index (χ2v) is 4.42. The van der Waals surface area contributed by atoms with Crippen LogP contribution in [-0.4, -0.2) is 19.4 Å². The molecule has 0 unspecified atom stereocenters. The van der Waals surface area contributed by atoms with Crippen LogP contribution in [0.2, 0.25) is 0 Å². The molecule has 1 aromatic carbocycles. The van der Waals surface area contributed by atoms with Crippen LogP contribution in [0.25, 0.3) is 11.1 Å². The molecule has 0 saturated carbocycles. The van der Waals surface area contributed by atoms with Crippen molar-refractivity contribution in [2.75, 3.05) is 0 Å². The van der Waals surface area contributed by atoms with Crippen molar-refractivity contribution in [2.24, 2.45) is 0 Å². The average molecular weight is 252 g/mol. The summed E-state index contributed by atoms with van der Waals surface area (Å²) >= 11 is 0.360. The second-order valence-electron chi connectivity index (χ2n) is 2.79. The summed E-state index contributed by atoms with van der Waals surface area (Å²) in [5.41, 5.74) is 1.87. The van der Waals surface area contributed by atoms with E-state index < -0.39 is 0 Å². The third-order valence-electron chi connectivity index (χ3n) is 1.93. The van der Waals surface area contributed by atoms with Gasteiger partial charge in [0, 0.05) is 0 Å². The van der Waals surface area contributed by atoms with Gasteiger partial charge < -0.3 is 0 Å². The van der Waals surface area contributed by atoms with E-state index in [1.54, 1.807) is 12.1 Å². The summed E-state index contributed by atoms with van der Waals surface area (Å²) < 4.78 is 0. The van der Waals surface area contributed by atoms with Crippen LogP contribution in [0, 0.1) is 10.1 Å². The number of benzene rings is 1. The molecule has 0 radical (unpaired) electrons. The monoisotopic (exact) mass is 253 g/mol. The van der Waals surface area contributed by atoms with Crippen LogP contribution in [0.1, 0.15) is 0 Å². The first-order chi connectivity index (χ1) is 6.79. The number of nitrogens with zero attached hydrogens (tertiary/aromatic N) is 1. The summed E-state index contributed by atoms with van der Waals surface area (Å²) in [7, 11) is 0. The Balaban J connectivity index is 2.58. The molecule has 0 atom stereocenters. The maximum atomic E-state index is 10.7. The molecule has 0 aliphatic heterocycles. The van der Waals surface area contributed by atoms with E-state index in [1.807, 2.05) is 12.1 Å². The molecule has 0 fully saturated rings. The fourth-order valence-corrected chi connectivity index (χ4v) is 2.67. The van der Waals surface area contributed by atoms with Crippen molar-refractivity contribution in [2.45, 2.75) is 0 Å². The van der Waals surface area contributed by atoms with Crippen molar-refractivity contribution >= 4 is 20.2 Å². The molecule has 3 nitrogen and oxygen atoms in total. The molecule has 0 aliphatic carbocycles. The van der Waals surface area contributed by atoms with E-state index in [4.69, 9.17) is 0 Å². The summed E-state index contributed by atoms with van der Waals surface area (Å²) in [6.07, 6.45) is 0. The van der Waals surface area contributed by atoms with E-state index in [2.05, 4.69) is 9.88 Å². The second kappa shape index (κ2) is 3.78. The third-order valence-corrected chi connectivity index (χ3v) is 3.37. The Labute approximate surface area is 86.9 Å². The molecule has 0 bridgehead atoms. The predicted molar refractivity (Wildman–Crippen MR) is 55.5 cm³/mol. The Morgan fingerprint density at radius 2 is 2.00 bits per heavy atom. The molecule has 14 heavy (non-hydrogen) atoms. The molecule has 1 heterocycles. The van der Waals surface area contributed by atoms with Crippen LogP contribution in [0.5, 0.6) is 0 Å². The van der Waals surface area contributed by atoms with E-state index in [-0.39, 0.29) is 10.6 Å². The van der Waals surface area contributed by atoms with Gasteiger partial charge in [0.05, 0.1) is 0 Å². The van der Waals surface area contributed by atoms with Crippen molar-refractivity contribution in [3.63, 3.8) is 0 Å². The summed E-state index contributed by atoms with van der Waals surface area (Å²) in [6, 6.07) is 8.78. The number of para-hydroxylation sites is 1. The standard InChI is InChI=1S/C10H7NO2Se/c12-11(13)10-4-2-1-3-9(10)8-5-6-14-7-8/h1-7H. The number of nitro groups is 1. The van der Waals surface area contributed by atoms with Crippen molar-refractivity contribution in [1.29, 1.82) is 0 Å². The van der Waals surface area contributed by atoms with Crippen molar-refractivity contribution in [1.82, 2.24) is 0 Å². The minimum absolute atomic E-state index is 0.182. The molecule has 0 saturated heterocycles. The molecule has 0 aliphatic rings. The van der Waals surface area contributed by atoms with Crippen molar-refractivity contribution in [3.8, 4) is 11.1 Å². The normalized spacial score (nSPS) is 10.0. The molecule has 2 aromatic rings. The van der Waals surface area contributed by atoms with Crippen LogP contribution >= 0.6 is 0 Å². The Bertz CT molecular complexity index is 451. The molecule has 0 amide bonds. The SMILES string of the molecule is O=[N+]([O-])c1ccccc1-c1cc[se]c1. The molecule has 2 rings (SSSR count). The van der Waals surface area contributed by atoms with Crippen LogP contribution in [0.4, 0.5) is 5.69 Å². The van der Waals surface area contributed by atoms with Gasteiger partial charge >= 0.3 is 86.6 Å². The van der Waals surface area contributed by atoms with Crippen LogP contribution in [0.15, 0.2) is 40.2 Å². The van der Waals surface area contributed by atoms with Crippen molar-refractivity contribution in [3.05, 3.63) is 50.3 Å². The van der Waals surface area contributed by atoms with Gasteiger partial charge in [-0.05, 0) is 0 Å². The van der Waals surface area contributed by atoms with Gasteiger partial charge in [-0.1, -0.05) is 0 Å². The van der Waals surface area contributed by atoms with E-state index in [9.17, 15) is 10.1 Å². The molecule has 0 N–H and O–H groups in total. The van der Waals surface area contributed by atoms with E-state index in [1.165, 1.54) is 6.07 Å². The number of hydrogen-bond acceptors (Lipinski definition) is 2. The Morgan fingerprint density at radius 3 is 2.64 bits per heavy atom. The van der Waals surface area contributed by atoms with Gasteiger partial charge in [0.25, 0.3) is 0 Å². The van der Waals surface area contributed by atoms with Crippen LogP contribution < -0.4 is 0 Å². The zero-order valence-corrected chi connectivity index (χ0v) is 8.93. The molecular formula is C10H7NO2Se. The van der Waals surface area contributed by atoms with Gasteiger partial charge in [-0.15, -0.1) is 0 Å². The predicted octanol–water partition coefficient (Wildman–Crippen LogP) is 2.32. The van der Waals surface area contributed by atoms with Gasteiger partial charge in [-0.2, -0.15) is 0 Å². The van der Waals surface area contributed by atoms with Gasteiger partial charge in [-0.3, -0.25) is 0 Å². The summed E-state index contributed by atoms with van der Waals surface area (Å²) in [5.74, 6) is 0. The Kier molecular flexibility index (Phi) is 2.48. The maximum absolute atomic E-state index is 10.7. The zero-order chi connectivity index (χ0) is 9.97. The van der Waals surface area contributed by atoms with E-state index in [0.29, 0.717) is 20.1 Å². The first-order valence-electron chi connectivity index (χ1n) is 4.05. The number of rotatable bonds is 2. The van der Waals surface area contributed by atoms with Crippen LogP contribution in [0.3, 0.4) is 0 Å². The van der Waals surface area contributed by atoms with Gasteiger partial charge in [0.1, 0.15) is 0 Å². The quantitative estimate of drug-likeness (QED) is 0.467. The van der Waals surface area contributed by atoms with E-state index in [0.717, 1.165) is 5.56 Å². The molecule has 4 heteroatoms. The first kappa shape index (κ1) is 9.19. The van der Waals surface area contributed by atoms with E-state index >= 15 is 0 Å². The molecule has 1 aromatic heterocycles. The summed E-state index contributed by atoms with van der Waals surface area (Å²) in [6.45, 7) is 0. The average Bonchev–Trinajstić information content (AvgIpc) is 2.70. The van der Waals surface area contributed by atoms with Crippen molar-refractivity contribution < 1.29 is 4.92 Å². The molecular weight excluding hydrogens is 245 g/mol. The molecule has 70 valence electrons.